The topological polar surface area (TPSA) is 52.7 Å². The second kappa shape index (κ2) is 2.85. The van der Waals surface area contributed by atoms with Crippen molar-refractivity contribution in [1.29, 1.82) is 0 Å². The molecule has 1 aliphatic heterocycles. The van der Waals surface area contributed by atoms with Gasteiger partial charge in [-0.15, -0.1) is 0 Å². The van der Waals surface area contributed by atoms with Gasteiger partial charge in [-0.1, -0.05) is 11.8 Å². The van der Waals surface area contributed by atoms with Crippen molar-refractivity contribution in [2.75, 3.05) is 5.75 Å². The molecule has 0 aromatic carbocycles. The Hall–Kier alpha value is -1.30. The molecule has 0 radical (unpaired) electrons. The fourth-order valence-corrected chi connectivity index (χ4v) is 2.75. The highest BCUT2D eigenvalue weighted by molar-refractivity contribution is 7.99. The zero-order valence-electron chi connectivity index (χ0n) is 8.52. The Balaban J connectivity index is 2.52. The molecule has 3 rings (SSSR count). The predicted octanol–water partition coefficient (Wildman–Crippen LogP) is 0.544. The number of aryl methyl sites for hydroxylation is 2. The fourth-order valence-electron chi connectivity index (χ4n) is 1.81. The first kappa shape index (κ1) is 8.96. The summed E-state index contributed by atoms with van der Waals surface area (Å²) >= 11 is 1.61. The minimum Gasteiger partial charge on any atom is -0.325 e. The third kappa shape index (κ3) is 1.08. The van der Waals surface area contributed by atoms with E-state index in [4.69, 9.17) is 0 Å². The fraction of sp³-hybridized carbons (Fsp3) is 0.444. The highest BCUT2D eigenvalue weighted by atomic mass is 32.2. The van der Waals surface area contributed by atoms with Crippen molar-refractivity contribution >= 4 is 22.9 Å². The normalized spacial score (nSPS) is 14.8. The van der Waals surface area contributed by atoms with Crippen molar-refractivity contribution in [3.63, 3.8) is 0 Å². The maximum absolute atomic E-state index is 12.1. The smallest absolute Gasteiger partial charge is 0.280 e. The molecule has 0 unspecified atom stereocenters. The summed E-state index contributed by atoms with van der Waals surface area (Å²) in [6.07, 6.45) is 0. The van der Waals surface area contributed by atoms with Gasteiger partial charge in [0.15, 0.2) is 16.3 Å². The molecule has 0 bridgehead atoms. The zero-order chi connectivity index (χ0) is 10.6. The molecule has 0 saturated heterocycles. The number of hydrogen-bond acceptors (Lipinski definition) is 4. The molecule has 0 spiro atoms. The average molecular weight is 222 g/mol. The lowest BCUT2D eigenvalue weighted by molar-refractivity contribution is 0.664. The van der Waals surface area contributed by atoms with Crippen LogP contribution in [0.15, 0.2) is 9.95 Å². The van der Waals surface area contributed by atoms with E-state index < -0.39 is 0 Å². The molecule has 0 N–H and O–H groups in total. The molecule has 3 heterocycles. The van der Waals surface area contributed by atoms with Crippen LogP contribution in [0.4, 0.5) is 0 Å². The van der Waals surface area contributed by atoms with Gasteiger partial charge < -0.3 is 4.57 Å². The number of thioether (sulfide) groups is 1. The first-order valence-corrected chi connectivity index (χ1v) is 5.73. The number of hydrogen-bond donors (Lipinski definition) is 0. The van der Waals surface area contributed by atoms with Gasteiger partial charge in [0.05, 0.1) is 0 Å². The molecule has 6 heteroatoms. The van der Waals surface area contributed by atoms with E-state index in [0.29, 0.717) is 11.2 Å². The van der Waals surface area contributed by atoms with Crippen molar-refractivity contribution in [2.45, 2.75) is 18.6 Å². The average Bonchev–Trinajstić information content (AvgIpc) is 2.74. The summed E-state index contributed by atoms with van der Waals surface area (Å²) in [5, 5.41) is 0.797. The Bertz CT molecular complexity index is 613. The second-order valence-corrected chi connectivity index (χ2v) is 4.65. The van der Waals surface area contributed by atoms with Gasteiger partial charge in [-0.05, 0) is 6.92 Å². The molecule has 0 aliphatic carbocycles. The minimum atomic E-state index is 0.0306. The Morgan fingerprint density at radius 2 is 2.20 bits per heavy atom. The van der Waals surface area contributed by atoms with Gasteiger partial charge in [0.25, 0.3) is 5.56 Å². The first-order valence-electron chi connectivity index (χ1n) is 4.75. The summed E-state index contributed by atoms with van der Waals surface area (Å²) in [4.78, 5) is 20.8. The molecular weight excluding hydrogens is 212 g/mol. The molecule has 0 atom stereocenters. The molecule has 1 aliphatic rings. The summed E-state index contributed by atoms with van der Waals surface area (Å²) in [7, 11) is 1.85. The molecule has 2 aromatic heterocycles. The number of imidazole rings is 1. The molecule has 15 heavy (non-hydrogen) atoms. The van der Waals surface area contributed by atoms with Crippen LogP contribution in [0, 0.1) is 6.92 Å². The Morgan fingerprint density at radius 3 is 3.00 bits per heavy atom. The Labute approximate surface area is 90.1 Å². The van der Waals surface area contributed by atoms with Crippen LogP contribution in [0.3, 0.4) is 0 Å². The van der Waals surface area contributed by atoms with Crippen molar-refractivity contribution in [3.05, 3.63) is 16.2 Å². The van der Waals surface area contributed by atoms with E-state index in [1.165, 1.54) is 0 Å². The van der Waals surface area contributed by atoms with Crippen LogP contribution < -0.4 is 5.56 Å². The van der Waals surface area contributed by atoms with Gasteiger partial charge in [-0.3, -0.25) is 9.36 Å². The summed E-state index contributed by atoms with van der Waals surface area (Å²) in [6.45, 7) is 2.63. The Kier molecular flexibility index (Phi) is 1.70. The lowest BCUT2D eigenvalue weighted by Gasteiger charge is -2.01. The predicted molar refractivity (Wildman–Crippen MR) is 58.2 cm³/mol. The molecule has 2 aromatic rings. The largest absolute Gasteiger partial charge is 0.325 e. The van der Waals surface area contributed by atoms with Crippen LogP contribution >= 0.6 is 11.8 Å². The molecule has 0 amide bonds. The van der Waals surface area contributed by atoms with Crippen LogP contribution in [0.2, 0.25) is 0 Å². The Morgan fingerprint density at radius 1 is 1.40 bits per heavy atom. The van der Waals surface area contributed by atoms with Crippen molar-refractivity contribution in [1.82, 2.24) is 19.1 Å². The number of fused-ring (bicyclic) bond motifs is 2. The third-order valence-corrected chi connectivity index (χ3v) is 3.68. The summed E-state index contributed by atoms with van der Waals surface area (Å²) in [6, 6.07) is 0. The van der Waals surface area contributed by atoms with E-state index in [2.05, 4.69) is 9.97 Å². The van der Waals surface area contributed by atoms with Gasteiger partial charge in [0.2, 0.25) is 0 Å². The van der Waals surface area contributed by atoms with E-state index in [1.54, 1.807) is 20.9 Å². The van der Waals surface area contributed by atoms with E-state index in [-0.39, 0.29) is 5.56 Å². The van der Waals surface area contributed by atoms with Crippen LogP contribution in [0.25, 0.3) is 11.2 Å². The van der Waals surface area contributed by atoms with Crippen LogP contribution in [-0.2, 0) is 13.6 Å². The van der Waals surface area contributed by atoms with Crippen molar-refractivity contribution in [2.24, 2.45) is 7.05 Å². The monoisotopic (exact) mass is 222 g/mol. The van der Waals surface area contributed by atoms with Crippen molar-refractivity contribution in [3.8, 4) is 0 Å². The number of nitrogens with zero attached hydrogens (tertiary/aromatic N) is 4. The minimum absolute atomic E-state index is 0.0306. The standard InChI is InChI=1S/C9H10N4OS/c1-5-10-7-6(12(5)2)8(14)13-3-4-15-9(13)11-7/h3-4H2,1-2H3. The highest BCUT2D eigenvalue weighted by Gasteiger charge is 2.19. The highest BCUT2D eigenvalue weighted by Crippen LogP contribution is 2.22. The van der Waals surface area contributed by atoms with Gasteiger partial charge in [-0.2, -0.15) is 0 Å². The molecule has 0 saturated carbocycles. The summed E-state index contributed by atoms with van der Waals surface area (Å²) in [5.74, 6) is 1.75. The molecular formula is C9H10N4OS. The quantitative estimate of drug-likeness (QED) is 0.611. The van der Waals surface area contributed by atoms with Crippen LogP contribution in [0.1, 0.15) is 5.82 Å². The van der Waals surface area contributed by atoms with E-state index in [1.807, 2.05) is 14.0 Å². The first-order chi connectivity index (χ1) is 7.18. The lowest BCUT2D eigenvalue weighted by Crippen LogP contribution is -2.21. The van der Waals surface area contributed by atoms with Gasteiger partial charge in [-0.25, -0.2) is 9.97 Å². The summed E-state index contributed by atoms with van der Waals surface area (Å²) < 4.78 is 3.54. The molecule has 78 valence electrons. The van der Waals surface area contributed by atoms with E-state index >= 15 is 0 Å². The SMILES string of the molecule is Cc1nc2nc3n(c(=O)c2n1C)CCS3. The van der Waals surface area contributed by atoms with Crippen LogP contribution in [-0.4, -0.2) is 24.9 Å². The second-order valence-electron chi connectivity index (χ2n) is 3.59. The maximum atomic E-state index is 12.1. The van der Waals surface area contributed by atoms with E-state index in [0.717, 1.165) is 23.3 Å². The maximum Gasteiger partial charge on any atom is 0.280 e. The van der Waals surface area contributed by atoms with Gasteiger partial charge >= 0.3 is 0 Å². The van der Waals surface area contributed by atoms with E-state index in [9.17, 15) is 4.79 Å². The lowest BCUT2D eigenvalue weighted by atomic mass is 10.5. The van der Waals surface area contributed by atoms with Gasteiger partial charge in [0.1, 0.15) is 5.82 Å². The van der Waals surface area contributed by atoms with Gasteiger partial charge in [0, 0.05) is 19.3 Å². The summed E-state index contributed by atoms with van der Waals surface area (Å²) in [5.41, 5.74) is 1.21. The molecule has 0 fully saturated rings. The molecule has 5 nitrogen and oxygen atoms in total. The third-order valence-electron chi connectivity index (χ3n) is 2.73. The van der Waals surface area contributed by atoms with Crippen LogP contribution in [0.5, 0.6) is 0 Å². The van der Waals surface area contributed by atoms with Crippen molar-refractivity contribution < 1.29 is 0 Å². The number of aromatic nitrogens is 4. The zero-order valence-corrected chi connectivity index (χ0v) is 9.34. The number of rotatable bonds is 0.